The van der Waals surface area contributed by atoms with Gasteiger partial charge in [0, 0.05) is 22.9 Å². The van der Waals surface area contributed by atoms with E-state index >= 15 is 0 Å². The second-order valence-corrected chi connectivity index (χ2v) is 6.23. The van der Waals surface area contributed by atoms with Crippen molar-refractivity contribution in [2.45, 2.75) is 59.0 Å². The molecule has 1 saturated carbocycles. The van der Waals surface area contributed by atoms with Gasteiger partial charge in [0.2, 0.25) is 0 Å². The Morgan fingerprint density at radius 2 is 1.96 bits per heavy atom. The third kappa shape index (κ3) is 2.78. The molecule has 0 radical (unpaired) electrons. The van der Waals surface area contributed by atoms with Gasteiger partial charge in [0.1, 0.15) is 11.3 Å². The number of fused-ring (bicyclic) bond motifs is 1. The molecule has 2 aromatic rings. The molecule has 23 heavy (non-hydrogen) atoms. The lowest BCUT2D eigenvalue weighted by molar-refractivity contribution is -0.127. The first-order valence-electron chi connectivity index (χ1n) is 8.28. The van der Waals surface area contributed by atoms with E-state index in [1.165, 1.54) is 0 Å². The van der Waals surface area contributed by atoms with E-state index < -0.39 is 0 Å². The van der Waals surface area contributed by atoms with Crippen molar-refractivity contribution in [2.24, 2.45) is 0 Å². The number of Topliss-reactive ketones (excluding diaryl/α,β-unsaturated/α-hetero) is 1. The molecule has 1 atom stereocenters. The van der Waals surface area contributed by atoms with E-state index in [-0.39, 0.29) is 17.5 Å². The first-order chi connectivity index (χ1) is 11.0. The van der Waals surface area contributed by atoms with Gasteiger partial charge in [-0.2, -0.15) is 0 Å². The molecular weight excluding hydrogens is 292 g/mol. The molecule has 0 saturated heterocycles. The van der Waals surface area contributed by atoms with Crippen LogP contribution in [0.5, 0.6) is 5.75 Å². The topological polar surface area (TPSA) is 56.5 Å². The summed E-state index contributed by atoms with van der Waals surface area (Å²) in [6.07, 6.45) is 3.58. The second-order valence-electron chi connectivity index (χ2n) is 6.23. The zero-order valence-corrected chi connectivity index (χ0v) is 13.9. The molecule has 1 fully saturated rings. The van der Waals surface area contributed by atoms with Gasteiger partial charge in [-0.05, 0) is 57.2 Å². The molecule has 122 valence electrons. The third-order valence-corrected chi connectivity index (χ3v) is 4.78. The Morgan fingerprint density at radius 3 is 2.65 bits per heavy atom. The zero-order chi connectivity index (χ0) is 16.6. The Kier molecular flexibility index (Phi) is 4.24. The minimum atomic E-state index is -0.373. The fourth-order valence-corrected chi connectivity index (χ4v) is 3.34. The molecule has 0 spiro atoms. The Labute approximate surface area is 135 Å². The van der Waals surface area contributed by atoms with Crippen LogP contribution in [0.1, 0.15) is 49.3 Å². The van der Waals surface area contributed by atoms with Crippen LogP contribution < -0.4 is 10.4 Å². The molecular formula is C19H22O4. The van der Waals surface area contributed by atoms with E-state index in [4.69, 9.17) is 9.15 Å². The highest BCUT2D eigenvalue weighted by Crippen LogP contribution is 2.31. The standard InChI is InChI=1S/C19H22O4/c1-4-13-11(2)14-9-10-16(12(3)18(14)23-19(13)21)22-17-8-6-5-7-15(17)20/h9-10,17H,4-8H2,1-3H3/t17-/m1/s1. The molecule has 0 N–H and O–H groups in total. The number of carbonyl (C=O) groups excluding carboxylic acids is 1. The molecule has 0 aliphatic heterocycles. The van der Waals surface area contributed by atoms with Gasteiger partial charge in [-0.15, -0.1) is 0 Å². The molecule has 4 heteroatoms. The van der Waals surface area contributed by atoms with Gasteiger partial charge >= 0.3 is 5.63 Å². The van der Waals surface area contributed by atoms with Crippen molar-refractivity contribution in [3.05, 3.63) is 39.2 Å². The third-order valence-electron chi connectivity index (χ3n) is 4.78. The van der Waals surface area contributed by atoms with Gasteiger partial charge in [-0.25, -0.2) is 4.79 Å². The van der Waals surface area contributed by atoms with Crippen molar-refractivity contribution in [3.8, 4) is 5.75 Å². The number of carbonyl (C=O) groups is 1. The number of ether oxygens (including phenoxy) is 1. The Morgan fingerprint density at radius 1 is 1.17 bits per heavy atom. The molecule has 4 nitrogen and oxygen atoms in total. The molecule has 0 bridgehead atoms. The summed E-state index contributed by atoms with van der Waals surface area (Å²) in [7, 11) is 0. The summed E-state index contributed by atoms with van der Waals surface area (Å²) in [5, 5.41) is 0.932. The SMILES string of the molecule is CCc1c(C)c2ccc(O[C@@H]3CCCCC3=O)c(C)c2oc1=O. The van der Waals surface area contributed by atoms with Gasteiger partial charge in [-0.3, -0.25) is 4.79 Å². The predicted octanol–water partition coefficient (Wildman–Crippen LogP) is 3.86. The maximum Gasteiger partial charge on any atom is 0.339 e. The van der Waals surface area contributed by atoms with Crippen molar-refractivity contribution in [1.29, 1.82) is 0 Å². The smallest absolute Gasteiger partial charge is 0.339 e. The van der Waals surface area contributed by atoms with Gasteiger partial charge in [-0.1, -0.05) is 6.92 Å². The molecule has 0 unspecified atom stereocenters. The maximum absolute atomic E-state index is 12.1. The Bertz CT molecular complexity index is 816. The van der Waals surface area contributed by atoms with Crippen LogP contribution in [-0.4, -0.2) is 11.9 Å². The zero-order valence-electron chi connectivity index (χ0n) is 13.9. The highest BCUT2D eigenvalue weighted by atomic mass is 16.5. The van der Waals surface area contributed by atoms with Crippen molar-refractivity contribution in [1.82, 2.24) is 0 Å². The molecule has 1 aromatic heterocycles. The Hall–Kier alpha value is -2.10. The second kappa shape index (κ2) is 6.19. The van der Waals surface area contributed by atoms with Crippen LogP contribution in [0.4, 0.5) is 0 Å². The summed E-state index contributed by atoms with van der Waals surface area (Å²) in [6.45, 7) is 5.77. The number of rotatable bonds is 3. The molecule has 0 amide bonds. The average Bonchev–Trinajstić information content (AvgIpc) is 2.53. The normalized spacial score (nSPS) is 18.4. The lowest BCUT2D eigenvalue weighted by Crippen LogP contribution is -2.30. The van der Waals surface area contributed by atoms with Gasteiger partial charge < -0.3 is 9.15 Å². The first-order valence-corrected chi connectivity index (χ1v) is 8.28. The summed E-state index contributed by atoms with van der Waals surface area (Å²) in [6, 6.07) is 3.80. The van der Waals surface area contributed by atoms with Crippen molar-refractivity contribution < 1.29 is 13.9 Å². The van der Waals surface area contributed by atoms with E-state index in [2.05, 4.69) is 0 Å². The minimum absolute atomic E-state index is 0.162. The fourth-order valence-electron chi connectivity index (χ4n) is 3.34. The van der Waals surface area contributed by atoms with E-state index in [1.807, 2.05) is 32.9 Å². The average molecular weight is 314 g/mol. The van der Waals surface area contributed by atoms with Gasteiger partial charge in [0.05, 0.1) is 0 Å². The van der Waals surface area contributed by atoms with Crippen molar-refractivity contribution in [2.75, 3.05) is 0 Å². The summed E-state index contributed by atoms with van der Waals surface area (Å²) >= 11 is 0. The summed E-state index contributed by atoms with van der Waals surface area (Å²) < 4.78 is 11.5. The molecule has 1 aliphatic carbocycles. The number of benzene rings is 1. The number of aryl methyl sites for hydroxylation is 2. The highest BCUT2D eigenvalue weighted by molar-refractivity contribution is 5.87. The van der Waals surface area contributed by atoms with E-state index in [0.29, 0.717) is 29.7 Å². The molecule has 3 rings (SSSR count). The van der Waals surface area contributed by atoms with Gasteiger partial charge in [0.15, 0.2) is 11.9 Å². The molecule has 1 aliphatic rings. The van der Waals surface area contributed by atoms with Crippen LogP contribution in [0.3, 0.4) is 0 Å². The van der Waals surface area contributed by atoms with Crippen molar-refractivity contribution in [3.63, 3.8) is 0 Å². The van der Waals surface area contributed by atoms with Gasteiger partial charge in [0.25, 0.3) is 0 Å². The van der Waals surface area contributed by atoms with Crippen molar-refractivity contribution >= 4 is 16.8 Å². The quantitative estimate of drug-likeness (QED) is 0.807. The molecule has 1 aromatic carbocycles. The first kappa shape index (κ1) is 15.8. The van der Waals surface area contributed by atoms with Crippen LogP contribution in [0.2, 0.25) is 0 Å². The Balaban J connectivity index is 2.05. The largest absolute Gasteiger partial charge is 0.482 e. The number of hydrogen-bond acceptors (Lipinski definition) is 4. The monoisotopic (exact) mass is 314 g/mol. The molecule has 1 heterocycles. The van der Waals surface area contributed by atoms with Crippen LogP contribution in [0.15, 0.2) is 21.3 Å². The summed E-state index contributed by atoms with van der Waals surface area (Å²) in [4.78, 5) is 24.1. The highest BCUT2D eigenvalue weighted by Gasteiger charge is 2.25. The fraction of sp³-hybridized carbons (Fsp3) is 0.474. The van der Waals surface area contributed by atoms with Crippen LogP contribution in [0, 0.1) is 13.8 Å². The van der Waals surface area contributed by atoms with E-state index in [0.717, 1.165) is 35.8 Å². The van der Waals surface area contributed by atoms with Crippen LogP contribution in [0.25, 0.3) is 11.0 Å². The lowest BCUT2D eigenvalue weighted by atomic mass is 9.96. The van der Waals surface area contributed by atoms with E-state index in [1.54, 1.807) is 0 Å². The van der Waals surface area contributed by atoms with Crippen LogP contribution >= 0.6 is 0 Å². The summed E-state index contributed by atoms with van der Waals surface area (Å²) in [5.74, 6) is 0.791. The number of ketones is 1. The van der Waals surface area contributed by atoms with E-state index in [9.17, 15) is 9.59 Å². The maximum atomic E-state index is 12.1. The van der Waals surface area contributed by atoms with Crippen LogP contribution in [-0.2, 0) is 11.2 Å². The number of hydrogen-bond donors (Lipinski definition) is 0. The minimum Gasteiger partial charge on any atom is -0.482 e. The summed E-state index contributed by atoms with van der Waals surface area (Å²) in [5.41, 5.74) is 2.73. The predicted molar refractivity (Wildman–Crippen MR) is 89.2 cm³/mol. The lowest BCUT2D eigenvalue weighted by Gasteiger charge is -2.23.